The summed E-state index contributed by atoms with van der Waals surface area (Å²) in [5, 5.41) is 7.48. The monoisotopic (exact) mass is 388 g/mol. The van der Waals surface area contributed by atoms with Crippen molar-refractivity contribution >= 4 is 5.91 Å². The van der Waals surface area contributed by atoms with E-state index in [4.69, 9.17) is 0 Å². The number of aromatic nitrogens is 2. The van der Waals surface area contributed by atoms with E-state index in [2.05, 4.69) is 76.0 Å². The third-order valence-corrected chi connectivity index (χ3v) is 5.70. The molecule has 1 aliphatic heterocycles. The number of carbonyl (C=O) groups is 1. The Balaban J connectivity index is 1.44. The van der Waals surface area contributed by atoms with Crippen molar-refractivity contribution in [3.63, 3.8) is 0 Å². The Hall–Kier alpha value is -2.92. The summed E-state index contributed by atoms with van der Waals surface area (Å²) in [7, 11) is 1.81. The van der Waals surface area contributed by atoms with Gasteiger partial charge in [0, 0.05) is 26.2 Å². The first-order valence-corrected chi connectivity index (χ1v) is 10.3. The highest BCUT2D eigenvalue weighted by Crippen LogP contribution is 2.31. The Morgan fingerprint density at radius 2 is 1.55 bits per heavy atom. The molecule has 1 fully saturated rings. The number of rotatable bonds is 5. The minimum atomic E-state index is -0.0331. The highest BCUT2D eigenvalue weighted by Gasteiger charge is 2.28. The van der Waals surface area contributed by atoms with Gasteiger partial charge in [0.15, 0.2) is 0 Å². The van der Waals surface area contributed by atoms with Gasteiger partial charge >= 0.3 is 0 Å². The Morgan fingerprint density at radius 1 is 1.00 bits per heavy atom. The number of benzene rings is 2. The van der Waals surface area contributed by atoms with E-state index < -0.39 is 0 Å². The number of likely N-dealkylation sites (tertiary alicyclic amines) is 1. The summed E-state index contributed by atoms with van der Waals surface area (Å²) in [5.41, 5.74) is 4.11. The Bertz CT molecular complexity index is 904. The molecule has 0 bridgehead atoms. The molecule has 1 aromatic heterocycles. The van der Waals surface area contributed by atoms with Gasteiger partial charge in [-0.1, -0.05) is 60.7 Å². The fourth-order valence-corrected chi connectivity index (χ4v) is 4.27. The van der Waals surface area contributed by atoms with E-state index in [-0.39, 0.29) is 18.0 Å². The molecule has 1 aliphatic rings. The topological polar surface area (TPSA) is 50.2 Å². The van der Waals surface area contributed by atoms with Crippen molar-refractivity contribution in [3.8, 4) is 0 Å². The van der Waals surface area contributed by atoms with E-state index in [1.807, 2.05) is 20.0 Å². The summed E-state index contributed by atoms with van der Waals surface area (Å²) in [5.74, 6) is -0.0331. The zero-order chi connectivity index (χ0) is 20.2. The molecule has 0 aliphatic carbocycles. The minimum absolute atomic E-state index is 0.0331. The molecule has 0 saturated carbocycles. The summed E-state index contributed by atoms with van der Waals surface area (Å²) < 4.78 is 1.65. The molecule has 0 spiro atoms. The van der Waals surface area contributed by atoms with Crippen LogP contribution in [0.4, 0.5) is 0 Å². The molecule has 0 atom stereocenters. The second-order valence-corrected chi connectivity index (χ2v) is 7.80. The average molecular weight is 389 g/mol. The van der Waals surface area contributed by atoms with Crippen LogP contribution in [-0.2, 0) is 7.05 Å². The fraction of sp³-hybridized carbons (Fsp3) is 0.333. The normalized spacial score (nSPS) is 15.6. The van der Waals surface area contributed by atoms with Crippen LogP contribution in [0.2, 0.25) is 0 Å². The van der Waals surface area contributed by atoms with Crippen LogP contribution in [0.3, 0.4) is 0 Å². The zero-order valence-electron chi connectivity index (χ0n) is 17.1. The lowest BCUT2D eigenvalue weighted by molar-refractivity contribution is 0.0891. The molecule has 4 rings (SSSR count). The van der Waals surface area contributed by atoms with Gasteiger partial charge < -0.3 is 5.32 Å². The molecule has 150 valence electrons. The van der Waals surface area contributed by atoms with Crippen LogP contribution >= 0.6 is 0 Å². The largest absolute Gasteiger partial charge is 0.348 e. The van der Waals surface area contributed by atoms with E-state index in [9.17, 15) is 4.79 Å². The zero-order valence-corrected chi connectivity index (χ0v) is 17.1. The number of hydrogen-bond acceptors (Lipinski definition) is 3. The summed E-state index contributed by atoms with van der Waals surface area (Å²) in [4.78, 5) is 15.1. The number of aryl methyl sites for hydroxylation is 2. The van der Waals surface area contributed by atoms with Gasteiger partial charge in [0.1, 0.15) is 5.69 Å². The SMILES string of the molecule is Cc1cc(C(=O)NC2CCN(C(c3ccccc3)c3ccccc3)CC2)n(C)n1. The Labute approximate surface area is 172 Å². The molecule has 2 aromatic carbocycles. The van der Waals surface area contributed by atoms with Crippen molar-refractivity contribution in [2.75, 3.05) is 13.1 Å². The van der Waals surface area contributed by atoms with Crippen LogP contribution in [0, 0.1) is 6.92 Å². The summed E-state index contributed by atoms with van der Waals surface area (Å²) in [6.07, 6.45) is 1.89. The first-order valence-electron chi connectivity index (χ1n) is 10.3. The van der Waals surface area contributed by atoms with E-state index in [0.717, 1.165) is 31.6 Å². The first-order chi connectivity index (χ1) is 14.1. The first kappa shape index (κ1) is 19.4. The van der Waals surface area contributed by atoms with Crippen molar-refractivity contribution in [1.82, 2.24) is 20.0 Å². The summed E-state index contributed by atoms with van der Waals surface area (Å²) in [6, 6.07) is 23.6. The standard InChI is InChI=1S/C24H28N4O/c1-18-17-22(27(2)26-18)24(29)25-21-13-15-28(16-14-21)23(19-9-5-3-6-10-19)20-11-7-4-8-12-20/h3-12,17,21,23H,13-16H2,1-2H3,(H,25,29). The Morgan fingerprint density at radius 3 is 2.03 bits per heavy atom. The van der Waals surface area contributed by atoms with Crippen molar-refractivity contribution in [2.24, 2.45) is 7.05 Å². The third-order valence-electron chi connectivity index (χ3n) is 5.70. The van der Waals surface area contributed by atoms with Gasteiger partial charge in [0.25, 0.3) is 5.91 Å². The average Bonchev–Trinajstić information content (AvgIpc) is 3.09. The van der Waals surface area contributed by atoms with Gasteiger partial charge in [-0.25, -0.2) is 0 Å². The number of piperidine rings is 1. The van der Waals surface area contributed by atoms with Gasteiger partial charge in [-0.15, -0.1) is 0 Å². The highest BCUT2D eigenvalue weighted by atomic mass is 16.2. The van der Waals surface area contributed by atoms with Gasteiger partial charge in [0.05, 0.1) is 11.7 Å². The predicted octanol–water partition coefficient (Wildman–Crippen LogP) is 3.71. The number of carbonyl (C=O) groups excluding carboxylic acids is 1. The fourth-order valence-electron chi connectivity index (χ4n) is 4.27. The van der Waals surface area contributed by atoms with Crippen LogP contribution in [0.25, 0.3) is 0 Å². The molecular weight excluding hydrogens is 360 g/mol. The lowest BCUT2D eigenvalue weighted by Crippen LogP contribution is -2.46. The van der Waals surface area contributed by atoms with Crippen molar-refractivity contribution in [2.45, 2.75) is 31.8 Å². The van der Waals surface area contributed by atoms with Crippen molar-refractivity contribution in [3.05, 3.63) is 89.2 Å². The molecule has 1 saturated heterocycles. The van der Waals surface area contributed by atoms with Gasteiger partial charge in [-0.05, 0) is 37.0 Å². The molecule has 1 N–H and O–H groups in total. The third kappa shape index (κ3) is 4.40. The van der Waals surface area contributed by atoms with Gasteiger partial charge in [-0.2, -0.15) is 5.10 Å². The molecule has 2 heterocycles. The number of nitrogens with zero attached hydrogens (tertiary/aromatic N) is 3. The van der Waals surface area contributed by atoms with Gasteiger partial charge in [0.2, 0.25) is 0 Å². The Kier molecular flexibility index (Phi) is 5.76. The van der Waals surface area contributed by atoms with Crippen LogP contribution in [0.5, 0.6) is 0 Å². The van der Waals surface area contributed by atoms with Crippen LogP contribution in [-0.4, -0.2) is 39.7 Å². The number of amides is 1. The van der Waals surface area contributed by atoms with E-state index in [0.29, 0.717) is 5.69 Å². The van der Waals surface area contributed by atoms with Gasteiger partial charge in [-0.3, -0.25) is 14.4 Å². The summed E-state index contributed by atoms with van der Waals surface area (Å²) in [6.45, 7) is 3.80. The second kappa shape index (κ2) is 8.62. The van der Waals surface area contributed by atoms with E-state index >= 15 is 0 Å². The molecule has 29 heavy (non-hydrogen) atoms. The summed E-state index contributed by atoms with van der Waals surface area (Å²) >= 11 is 0. The maximum Gasteiger partial charge on any atom is 0.269 e. The highest BCUT2D eigenvalue weighted by molar-refractivity contribution is 5.92. The molecule has 0 unspecified atom stereocenters. The van der Waals surface area contributed by atoms with Crippen molar-refractivity contribution in [1.29, 1.82) is 0 Å². The second-order valence-electron chi connectivity index (χ2n) is 7.80. The van der Waals surface area contributed by atoms with Crippen LogP contribution < -0.4 is 5.32 Å². The van der Waals surface area contributed by atoms with Crippen LogP contribution in [0.1, 0.15) is 46.2 Å². The van der Waals surface area contributed by atoms with Crippen LogP contribution in [0.15, 0.2) is 66.7 Å². The van der Waals surface area contributed by atoms with Crippen molar-refractivity contribution < 1.29 is 4.79 Å². The smallest absolute Gasteiger partial charge is 0.269 e. The maximum absolute atomic E-state index is 12.6. The molecule has 5 heteroatoms. The maximum atomic E-state index is 12.6. The lowest BCUT2D eigenvalue weighted by Gasteiger charge is -2.38. The van der Waals surface area contributed by atoms with E-state index in [1.54, 1.807) is 4.68 Å². The molecular formula is C24H28N4O. The predicted molar refractivity (Wildman–Crippen MR) is 115 cm³/mol. The molecule has 1 amide bonds. The molecule has 3 aromatic rings. The number of nitrogens with one attached hydrogen (secondary N) is 1. The molecule has 0 radical (unpaired) electrons. The van der Waals surface area contributed by atoms with E-state index in [1.165, 1.54) is 11.1 Å². The minimum Gasteiger partial charge on any atom is -0.348 e. The quantitative estimate of drug-likeness (QED) is 0.725. The number of hydrogen-bond donors (Lipinski definition) is 1. The molecule has 5 nitrogen and oxygen atoms in total. The lowest BCUT2D eigenvalue weighted by atomic mass is 9.94.